The van der Waals surface area contributed by atoms with Gasteiger partial charge in [-0.25, -0.2) is 0 Å². The van der Waals surface area contributed by atoms with Gasteiger partial charge in [0, 0.05) is 6.04 Å². The van der Waals surface area contributed by atoms with Crippen molar-refractivity contribution in [1.29, 1.82) is 5.26 Å². The molecule has 2 rings (SSSR count). The van der Waals surface area contributed by atoms with Crippen molar-refractivity contribution in [2.45, 2.75) is 25.3 Å². The van der Waals surface area contributed by atoms with E-state index in [1.807, 2.05) is 6.07 Å². The van der Waals surface area contributed by atoms with E-state index in [0.29, 0.717) is 5.75 Å². The number of benzene rings is 1. The fraction of sp³-hybridized carbons (Fsp3) is 0.462. The zero-order chi connectivity index (χ0) is 12.3. The maximum Gasteiger partial charge on any atom is 0.175 e. The largest absolute Gasteiger partial charge is 0.503 e. The molecule has 1 aliphatic rings. The van der Waals surface area contributed by atoms with Crippen molar-refractivity contribution in [3.8, 4) is 17.6 Å². The van der Waals surface area contributed by atoms with Gasteiger partial charge in [0.25, 0.3) is 0 Å². The first kappa shape index (κ1) is 11.7. The Morgan fingerprint density at radius 2 is 2.29 bits per heavy atom. The molecule has 1 aromatic rings. The quantitative estimate of drug-likeness (QED) is 0.819. The van der Waals surface area contributed by atoms with Gasteiger partial charge in [-0.15, -0.1) is 0 Å². The highest BCUT2D eigenvalue weighted by Gasteiger charge is 2.18. The van der Waals surface area contributed by atoms with Gasteiger partial charge in [0.1, 0.15) is 6.07 Å². The molecule has 1 saturated heterocycles. The van der Waals surface area contributed by atoms with Crippen LogP contribution in [0.1, 0.15) is 36.4 Å². The van der Waals surface area contributed by atoms with Crippen LogP contribution in [0.2, 0.25) is 0 Å². The molecular weight excluding hydrogens is 216 g/mol. The molecule has 0 saturated carbocycles. The lowest BCUT2D eigenvalue weighted by Crippen LogP contribution is -2.26. The summed E-state index contributed by atoms with van der Waals surface area (Å²) in [6.45, 7) is 0.996. The molecule has 90 valence electrons. The van der Waals surface area contributed by atoms with Crippen molar-refractivity contribution in [2.75, 3.05) is 13.7 Å². The van der Waals surface area contributed by atoms with Gasteiger partial charge in [-0.2, -0.15) is 5.26 Å². The number of hydrogen-bond acceptors (Lipinski definition) is 4. The van der Waals surface area contributed by atoms with Gasteiger partial charge in [-0.1, -0.05) is 6.42 Å². The molecule has 0 bridgehead atoms. The molecule has 1 aliphatic heterocycles. The molecule has 0 aromatic heterocycles. The summed E-state index contributed by atoms with van der Waals surface area (Å²) < 4.78 is 5.09. The normalized spacial score (nSPS) is 19.6. The maximum atomic E-state index is 9.74. The summed E-state index contributed by atoms with van der Waals surface area (Å²) >= 11 is 0. The summed E-state index contributed by atoms with van der Waals surface area (Å²) in [4.78, 5) is 0. The SMILES string of the molecule is COc1cc(C2CCCCN2)cc(C#N)c1O. The summed E-state index contributed by atoms with van der Waals surface area (Å²) in [5.41, 5.74) is 1.28. The Balaban J connectivity index is 2.37. The molecule has 0 radical (unpaired) electrons. The van der Waals surface area contributed by atoms with E-state index < -0.39 is 0 Å². The molecule has 1 aromatic carbocycles. The second kappa shape index (κ2) is 5.07. The molecule has 0 aliphatic carbocycles. The monoisotopic (exact) mass is 232 g/mol. The molecule has 0 amide bonds. The number of aromatic hydroxyl groups is 1. The molecule has 1 heterocycles. The Hall–Kier alpha value is -1.73. The second-order valence-electron chi connectivity index (χ2n) is 4.23. The van der Waals surface area contributed by atoms with Crippen LogP contribution in [0, 0.1) is 11.3 Å². The molecule has 0 spiro atoms. The molecule has 2 N–H and O–H groups in total. The number of piperidine rings is 1. The van der Waals surface area contributed by atoms with Gasteiger partial charge in [0.15, 0.2) is 11.5 Å². The van der Waals surface area contributed by atoms with Crippen molar-refractivity contribution in [3.63, 3.8) is 0 Å². The number of nitrogens with one attached hydrogen (secondary N) is 1. The lowest BCUT2D eigenvalue weighted by Gasteiger charge is -2.24. The van der Waals surface area contributed by atoms with Crippen molar-refractivity contribution in [3.05, 3.63) is 23.3 Å². The van der Waals surface area contributed by atoms with Crippen LogP contribution in [0.15, 0.2) is 12.1 Å². The molecule has 17 heavy (non-hydrogen) atoms. The lowest BCUT2D eigenvalue weighted by atomic mass is 9.95. The highest BCUT2D eigenvalue weighted by Crippen LogP contribution is 2.34. The number of ether oxygens (including phenoxy) is 1. The number of nitriles is 1. The molecule has 4 heteroatoms. The first-order valence-corrected chi connectivity index (χ1v) is 5.80. The fourth-order valence-electron chi connectivity index (χ4n) is 2.21. The predicted molar refractivity (Wildman–Crippen MR) is 64.0 cm³/mol. The summed E-state index contributed by atoms with van der Waals surface area (Å²) in [7, 11) is 1.49. The molecule has 1 atom stereocenters. The number of phenolic OH excluding ortho intramolecular Hbond substituents is 1. The summed E-state index contributed by atoms with van der Waals surface area (Å²) in [5, 5.41) is 22.1. The Labute approximate surface area is 101 Å². The minimum Gasteiger partial charge on any atom is -0.503 e. The van der Waals surface area contributed by atoms with E-state index in [1.165, 1.54) is 20.0 Å². The Morgan fingerprint density at radius 3 is 2.88 bits per heavy atom. The van der Waals surface area contributed by atoms with E-state index in [2.05, 4.69) is 5.32 Å². The molecular formula is C13H16N2O2. The van der Waals surface area contributed by atoms with Crippen LogP contribution in [-0.4, -0.2) is 18.8 Å². The smallest absolute Gasteiger partial charge is 0.175 e. The van der Waals surface area contributed by atoms with Gasteiger partial charge < -0.3 is 15.2 Å². The van der Waals surface area contributed by atoms with Crippen molar-refractivity contribution >= 4 is 0 Å². The van der Waals surface area contributed by atoms with E-state index in [4.69, 9.17) is 10.00 Å². The molecule has 1 unspecified atom stereocenters. The van der Waals surface area contributed by atoms with Crippen LogP contribution in [0.4, 0.5) is 0 Å². The third-order valence-electron chi connectivity index (χ3n) is 3.15. The van der Waals surface area contributed by atoms with Crippen molar-refractivity contribution < 1.29 is 9.84 Å². The fourth-order valence-corrected chi connectivity index (χ4v) is 2.21. The first-order valence-electron chi connectivity index (χ1n) is 5.80. The third-order valence-corrected chi connectivity index (χ3v) is 3.15. The van der Waals surface area contributed by atoms with Gasteiger partial charge in [0.2, 0.25) is 0 Å². The standard InChI is InChI=1S/C13H16N2O2/c1-17-12-7-9(6-10(8-14)13(12)16)11-4-2-3-5-15-11/h6-7,11,15-16H,2-5H2,1H3. The van der Waals surface area contributed by atoms with E-state index in [9.17, 15) is 5.11 Å². The average Bonchev–Trinajstić information content (AvgIpc) is 2.40. The number of rotatable bonds is 2. The Bertz CT molecular complexity index is 445. The molecule has 4 nitrogen and oxygen atoms in total. The highest BCUT2D eigenvalue weighted by molar-refractivity contribution is 5.54. The highest BCUT2D eigenvalue weighted by atomic mass is 16.5. The number of nitrogens with zero attached hydrogens (tertiary/aromatic N) is 1. The van der Waals surface area contributed by atoms with Crippen LogP contribution in [0.3, 0.4) is 0 Å². The van der Waals surface area contributed by atoms with E-state index in [1.54, 1.807) is 12.1 Å². The van der Waals surface area contributed by atoms with Crippen LogP contribution in [0.5, 0.6) is 11.5 Å². The maximum absolute atomic E-state index is 9.74. The number of hydrogen-bond donors (Lipinski definition) is 2. The van der Waals surface area contributed by atoms with E-state index >= 15 is 0 Å². The summed E-state index contributed by atoms with van der Waals surface area (Å²) in [6.07, 6.45) is 3.43. The second-order valence-corrected chi connectivity index (χ2v) is 4.23. The number of methoxy groups -OCH3 is 1. The van der Waals surface area contributed by atoms with Crippen LogP contribution in [0.25, 0.3) is 0 Å². The first-order chi connectivity index (χ1) is 8.26. The lowest BCUT2D eigenvalue weighted by molar-refractivity contribution is 0.368. The predicted octanol–water partition coefficient (Wildman–Crippen LogP) is 2.09. The topological polar surface area (TPSA) is 65.3 Å². The van der Waals surface area contributed by atoms with E-state index in [-0.39, 0.29) is 17.4 Å². The van der Waals surface area contributed by atoms with E-state index in [0.717, 1.165) is 18.5 Å². The Morgan fingerprint density at radius 1 is 1.47 bits per heavy atom. The third kappa shape index (κ3) is 2.34. The van der Waals surface area contributed by atoms with Crippen LogP contribution < -0.4 is 10.1 Å². The zero-order valence-corrected chi connectivity index (χ0v) is 9.86. The summed E-state index contributed by atoms with van der Waals surface area (Å²) in [5.74, 6) is 0.293. The van der Waals surface area contributed by atoms with Gasteiger partial charge >= 0.3 is 0 Å². The Kier molecular flexibility index (Phi) is 3.50. The minimum atomic E-state index is -0.0745. The zero-order valence-electron chi connectivity index (χ0n) is 9.86. The average molecular weight is 232 g/mol. The van der Waals surface area contributed by atoms with Crippen molar-refractivity contribution in [1.82, 2.24) is 5.32 Å². The van der Waals surface area contributed by atoms with Gasteiger partial charge in [-0.3, -0.25) is 0 Å². The van der Waals surface area contributed by atoms with Crippen molar-refractivity contribution in [2.24, 2.45) is 0 Å². The molecule has 1 fully saturated rings. The summed E-state index contributed by atoms with van der Waals surface area (Å²) in [6, 6.07) is 5.79. The minimum absolute atomic E-state index is 0.0745. The van der Waals surface area contributed by atoms with Crippen LogP contribution >= 0.6 is 0 Å². The van der Waals surface area contributed by atoms with Crippen LogP contribution in [-0.2, 0) is 0 Å². The number of phenols is 1. The van der Waals surface area contributed by atoms with Gasteiger partial charge in [-0.05, 0) is 37.1 Å². The van der Waals surface area contributed by atoms with Gasteiger partial charge in [0.05, 0.1) is 12.7 Å².